The van der Waals surface area contributed by atoms with Crippen LogP contribution in [-0.4, -0.2) is 23.1 Å². The number of carboxylic acid groups (broad SMARTS) is 1. The van der Waals surface area contributed by atoms with Crippen LogP contribution >= 0.6 is 0 Å². The highest BCUT2D eigenvalue weighted by Crippen LogP contribution is 2.79. The fraction of sp³-hybridized carbons (Fsp3) is 0.939. The van der Waals surface area contributed by atoms with Crippen molar-refractivity contribution in [1.29, 1.82) is 0 Å². The second-order valence-electron chi connectivity index (χ2n) is 16.7. The smallest absolute Gasteiger partial charge is 0.309 e. The number of hydrogen-bond donors (Lipinski definition) is 1. The summed E-state index contributed by atoms with van der Waals surface area (Å²) in [5, 5.41) is 10.7. The van der Waals surface area contributed by atoms with Crippen molar-refractivity contribution >= 4 is 11.9 Å². The van der Waals surface area contributed by atoms with E-state index in [9.17, 15) is 14.7 Å². The van der Waals surface area contributed by atoms with Gasteiger partial charge in [-0.1, -0.05) is 55.4 Å². The Morgan fingerprint density at radius 1 is 0.676 bits per heavy atom. The van der Waals surface area contributed by atoms with Gasteiger partial charge in [-0.2, -0.15) is 0 Å². The summed E-state index contributed by atoms with van der Waals surface area (Å²) in [6, 6.07) is 0. The molecule has 0 bridgehead atoms. The monoisotopic (exact) mass is 514 g/mol. The lowest BCUT2D eigenvalue weighted by atomic mass is 9.29. The van der Waals surface area contributed by atoms with Gasteiger partial charge in [0.15, 0.2) is 0 Å². The van der Waals surface area contributed by atoms with Crippen molar-refractivity contribution in [2.24, 2.45) is 55.7 Å². The molecule has 9 atom stereocenters. The topological polar surface area (TPSA) is 63.6 Å². The lowest BCUT2D eigenvalue weighted by Gasteiger charge is -2.75. The number of aliphatic carboxylic acids is 1. The van der Waals surface area contributed by atoms with E-state index in [1.807, 2.05) is 0 Å². The molecule has 5 fully saturated rings. The molecule has 4 heteroatoms. The molecule has 4 nitrogen and oxygen atoms in total. The number of ether oxygens (including phenoxy) is 1. The molecule has 0 unspecified atom stereocenters. The lowest BCUT2D eigenvalue weighted by Crippen LogP contribution is -2.70. The summed E-state index contributed by atoms with van der Waals surface area (Å²) in [7, 11) is 0. The highest BCUT2D eigenvalue weighted by atomic mass is 16.5. The number of esters is 1. The van der Waals surface area contributed by atoms with Gasteiger partial charge in [0.1, 0.15) is 6.10 Å². The van der Waals surface area contributed by atoms with Crippen LogP contribution in [0, 0.1) is 55.7 Å². The summed E-state index contributed by atoms with van der Waals surface area (Å²) in [4.78, 5) is 24.9. The van der Waals surface area contributed by atoms with E-state index >= 15 is 0 Å². The van der Waals surface area contributed by atoms with Gasteiger partial charge in [-0.05, 0) is 115 Å². The van der Waals surface area contributed by atoms with Gasteiger partial charge in [0, 0.05) is 12.3 Å². The molecule has 37 heavy (non-hydrogen) atoms. The number of hydrogen-bond acceptors (Lipinski definition) is 3. The molecule has 0 heterocycles. The molecular formula is C33H54O4. The van der Waals surface area contributed by atoms with Crippen molar-refractivity contribution in [1.82, 2.24) is 0 Å². The first-order chi connectivity index (χ1) is 16.9. The van der Waals surface area contributed by atoms with E-state index in [1.54, 1.807) is 6.92 Å². The summed E-state index contributed by atoms with van der Waals surface area (Å²) in [6.07, 6.45) is 11.6. The van der Waals surface area contributed by atoms with Gasteiger partial charge < -0.3 is 9.84 Å². The molecule has 5 aliphatic rings. The molecule has 210 valence electrons. The van der Waals surface area contributed by atoms with Crippen molar-refractivity contribution in [2.45, 2.75) is 139 Å². The average Bonchev–Trinajstić information content (AvgIpc) is 2.78. The van der Waals surface area contributed by atoms with Crippen molar-refractivity contribution in [3.8, 4) is 0 Å². The van der Waals surface area contributed by atoms with E-state index < -0.39 is 11.4 Å². The molecule has 0 aromatic rings. The van der Waals surface area contributed by atoms with Crippen molar-refractivity contribution < 1.29 is 19.4 Å². The second kappa shape index (κ2) is 8.00. The minimum Gasteiger partial charge on any atom is -0.481 e. The first kappa shape index (κ1) is 27.5. The fourth-order valence-electron chi connectivity index (χ4n) is 12.0. The Labute approximate surface area is 226 Å². The standard InChI is InChI=1S/C33H54O4/c1-21(34)37-25-11-10-22-29(6)15-16-32(9)24-20-27(2,3)14-18-33(24,26(35)36)19-17-31(32,8)23(29)12-13-30(22,7)28(25,4)5/h22-25H,10-20H2,1-9H3,(H,35,36)/t22-,23+,24-,25-,29-,30-,31+,32-,33+/m0/s1. The lowest BCUT2D eigenvalue weighted by molar-refractivity contribution is -0.276. The van der Waals surface area contributed by atoms with Crippen LogP contribution < -0.4 is 0 Å². The molecular weight excluding hydrogens is 460 g/mol. The molecule has 5 rings (SSSR count). The number of fused-ring (bicyclic) bond motifs is 7. The third-order valence-corrected chi connectivity index (χ3v) is 14.8. The highest BCUT2D eigenvalue weighted by molar-refractivity contribution is 5.76. The van der Waals surface area contributed by atoms with Gasteiger partial charge in [0.2, 0.25) is 0 Å². The van der Waals surface area contributed by atoms with E-state index in [4.69, 9.17) is 4.74 Å². The zero-order valence-electron chi connectivity index (χ0n) is 25.3. The van der Waals surface area contributed by atoms with Gasteiger partial charge in [0.05, 0.1) is 5.41 Å². The molecule has 0 aromatic carbocycles. The quantitative estimate of drug-likeness (QED) is 0.377. The largest absolute Gasteiger partial charge is 0.481 e. The third kappa shape index (κ3) is 3.38. The summed E-state index contributed by atoms with van der Waals surface area (Å²) in [5.74, 6) is 0.812. The maximum absolute atomic E-state index is 13.0. The zero-order valence-corrected chi connectivity index (χ0v) is 25.3. The minimum absolute atomic E-state index is 0.00817. The molecule has 0 amide bonds. The Balaban J connectivity index is 1.54. The van der Waals surface area contributed by atoms with E-state index in [2.05, 4.69) is 55.4 Å². The minimum atomic E-state index is -0.537. The van der Waals surface area contributed by atoms with Crippen LogP contribution in [-0.2, 0) is 14.3 Å². The second-order valence-corrected chi connectivity index (χ2v) is 16.7. The number of carbonyl (C=O) groups is 2. The zero-order chi connectivity index (χ0) is 27.4. The fourth-order valence-corrected chi connectivity index (χ4v) is 12.0. The predicted octanol–water partition coefficient (Wildman–Crippen LogP) is 8.27. The van der Waals surface area contributed by atoms with Crippen LogP contribution in [0.3, 0.4) is 0 Å². The molecule has 0 radical (unpaired) electrons. The first-order valence-electron chi connectivity index (χ1n) is 15.3. The Kier molecular flexibility index (Phi) is 5.95. The van der Waals surface area contributed by atoms with E-state index in [1.165, 1.54) is 19.3 Å². The summed E-state index contributed by atoms with van der Waals surface area (Å²) in [5.41, 5.74) is 0.218. The van der Waals surface area contributed by atoms with Crippen LogP contribution in [0.15, 0.2) is 0 Å². The maximum atomic E-state index is 13.0. The third-order valence-electron chi connectivity index (χ3n) is 14.8. The Bertz CT molecular complexity index is 983. The Morgan fingerprint density at radius 3 is 1.86 bits per heavy atom. The summed E-state index contributed by atoms with van der Waals surface area (Å²) in [6.45, 7) is 21.2. The average molecular weight is 515 g/mol. The summed E-state index contributed by atoms with van der Waals surface area (Å²) < 4.78 is 5.93. The van der Waals surface area contributed by atoms with Gasteiger partial charge in [-0.15, -0.1) is 0 Å². The van der Waals surface area contributed by atoms with E-state index in [-0.39, 0.29) is 50.5 Å². The van der Waals surface area contributed by atoms with Crippen molar-refractivity contribution in [2.75, 3.05) is 0 Å². The molecule has 5 saturated carbocycles. The molecule has 0 aromatic heterocycles. The van der Waals surface area contributed by atoms with Crippen molar-refractivity contribution in [3.63, 3.8) is 0 Å². The highest BCUT2D eigenvalue weighted by Gasteiger charge is 2.73. The van der Waals surface area contributed by atoms with Crippen LogP contribution in [0.25, 0.3) is 0 Å². The number of rotatable bonds is 2. The van der Waals surface area contributed by atoms with E-state index in [0.717, 1.165) is 51.4 Å². The molecule has 0 aliphatic heterocycles. The van der Waals surface area contributed by atoms with Gasteiger partial charge in [-0.25, -0.2) is 0 Å². The molecule has 0 saturated heterocycles. The van der Waals surface area contributed by atoms with Crippen LogP contribution in [0.4, 0.5) is 0 Å². The van der Waals surface area contributed by atoms with Crippen LogP contribution in [0.1, 0.15) is 133 Å². The summed E-state index contributed by atoms with van der Waals surface area (Å²) >= 11 is 0. The maximum Gasteiger partial charge on any atom is 0.309 e. The normalized spacial score (nSPS) is 52.0. The first-order valence-corrected chi connectivity index (χ1v) is 15.3. The van der Waals surface area contributed by atoms with Crippen LogP contribution in [0.2, 0.25) is 0 Å². The SMILES string of the molecule is CC(=O)O[C@H]1CC[C@H]2[C@]3(C)CC[C@@]4(C)[C@@H]5CC(C)(C)CC[C@@]5(C(=O)O)CC[C@]4(C)[C@@H]3CC[C@]2(C)C1(C)C. The Hall–Kier alpha value is -1.06. The number of carboxylic acids is 1. The predicted molar refractivity (Wildman–Crippen MR) is 147 cm³/mol. The molecule has 5 aliphatic carbocycles. The van der Waals surface area contributed by atoms with Gasteiger partial charge >= 0.3 is 11.9 Å². The van der Waals surface area contributed by atoms with Gasteiger partial charge in [-0.3, -0.25) is 9.59 Å². The molecule has 0 spiro atoms. The Morgan fingerprint density at radius 2 is 1.24 bits per heavy atom. The molecule has 1 N–H and O–H groups in total. The van der Waals surface area contributed by atoms with Crippen LogP contribution in [0.5, 0.6) is 0 Å². The van der Waals surface area contributed by atoms with E-state index in [0.29, 0.717) is 11.8 Å². The van der Waals surface area contributed by atoms with Crippen molar-refractivity contribution in [3.05, 3.63) is 0 Å². The van der Waals surface area contributed by atoms with Gasteiger partial charge in [0.25, 0.3) is 0 Å². The number of carbonyl (C=O) groups excluding carboxylic acids is 1.